The first-order valence-electron chi connectivity index (χ1n) is 19.5. The minimum absolute atomic E-state index is 0.0398. The zero-order valence-corrected chi connectivity index (χ0v) is 32.3. The molecular weight excluding hydrogens is 716 g/mol. The monoisotopic (exact) mass is 768 g/mol. The van der Waals surface area contributed by atoms with Crippen LogP contribution in [0.3, 0.4) is 0 Å². The first-order valence-corrected chi connectivity index (χ1v) is 20.6. The molecule has 4 aliphatic rings. The van der Waals surface area contributed by atoms with Crippen LogP contribution in [0.5, 0.6) is 0 Å². The number of benzene rings is 3. The van der Waals surface area contributed by atoms with Crippen molar-refractivity contribution in [2.75, 3.05) is 5.33 Å². The highest BCUT2D eigenvalue weighted by atomic mass is 79.9. The van der Waals surface area contributed by atoms with Crippen LogP contribution in [-0.4, -0.2) is 41.5 Å². The number of hydrogen-bond acceptors (Lipinski definition) is 6. The van der Waals surface area contributed by atoms with Gasteiger partial charge in [-0.2, -0.15) is 0 Å². The fraction of sp³-hybridized carbons (Fsp3) is 0.533. The van der Waals surface area contributed by atoms with E-state index in [1.54, 1.807) is 36.4 Å². The number of halogens is 1. The molecule has 7 rings (SSSR count). The summed E-state index contributed by atoms with van der Waals surface area (Å²) in [7, 11) is 0. The van der Waals surface area contributed by atoms with Crippen molar-refractivity contribution in [3.05, 3.63) is 108 Å². The van der Waals surface area contributed by atoms with Gasteiger partial charge in [-0.05, 0) is 129 Å². The van der Waals surface area contributed by atoms with Gasteiger partial charge < -0.3 is 14.2 Å². The molecule has 4 unspecified atom stereocenters. The molecule has 3 aromatic carbocycles. The van der Waals surface area contributed by atoms with E-state index in [1.807, 2.05) is 54.6 Å². The molecule has 4 saturated carbocycles. The van der Waals surface area contributed by atoms with Gasteiger partial charge in [-0.25, -0.2) is 14.4 Å². The molecule has 0 aliphatic heterocycles. The molecule has 11 atom stereocenters. The minimum Gasteiger partial charge on any atom is -0.459 e. The van der Waals surface area contributed by atoms with Gasteiger partial charge in [0.05, 0.1) is 16.7 Å². The van der Waals surface area contributed by atoms with E-state index in [4.69, 9.17) is 14.2 Å². The summed E-state index contributed by atoms with van der Waals surface area (Å²) in [6, 6.07) is 27.4. The summed E-state index contributed by atoms with van der Waals surface area (Å²) in [6.45, 7) is 7.32. The maximum Gasteiger partial charge on any atom is 0.338 e. The number of rotatable bonds is 10. The SMILES string of the molecule is C[C@@H](CCCBr)C1CCC2C3C(CC[C@@]21C)[C@@]1(C)CC[C@@H](OC(=O)c2ccccc2)C[C@H]1[C@H](OC(=O)c1ccccc1)[C@@H]3OC(=O)c1ccccc1. The van der Waals surface area contributed by atoms with Crippen LogP contribution >= 0.6 is 15.9 Å². The number of esters is 3. The van der Waals surface area contributed by atoms with Crippen LogP contribution in [0.1, 0.15) is 110 Å². The van der Waals surface area contributed by atoms with Crippen LogP contribution in [0.25, 0.3) is 0 Å². The summed E-state index contributed by atoms with van der Waals surface area (Å²) >= 11 is 3.66. The number of fused-ring (bicyclic) bond motifs is 5. The van der Waals surface area contributed by atoms with Gasteiger partial charge in [0.15, 0.2) is 0 Å². The predicted octanol–water partition coefficient (Wildman–Crippen LogP) is 10.4. The van der Waals surface area contributed by atoms with Crippen molar-refractivity contribution < 1.29 is 28.6 Å². The summed E-state index contributed by atoms with van der Waals surface area (Å²) in [6.07, 6.45) is 7.25. The van der Waals surface area contributed by atoms with E-state index in [2.05, 4.69) is 36.7 Å². The zero-order valence-electron chi connectivity index (χ0n) is 30.8. The third kappa shape index (κ3) is 6.99. The Morgan fingerprint density at radius 3 is 1.71 bits per heavy atom. The van der Waals surface area contributed by atoms with Crippen molar-refractivity contribution >= 4 is 33.8 Å². The quantitative estimate of drug-likeness (QED) is 0.116. The smallest absolute Gasteiger partial charge is 0.338 e. The Bertz CT molecular complexity index is 1700. The molecule has 6 nitrogen and oxygen atoms in total. The van der Waals surface area contributed by atoms with Crippen molar-refractivity contribution in [1.29, 1.82) is 0 Å². The Kier molecular flexibility index (Phi) is 11.0. The highest BCUT2D eigenvalue weighted by molar-refractivity contribution is 9.09. The minimum atomic E-state index is -0.697. The van der Waals surface area contributed by atoms with Gasteiger partial charge in [-0.1, -0.05) is 91.3 Å². The largest absolute Gasteiger partial charge is 0.459 e. The maximum absolute atomic E-state index is 14.1. The van der Waals surface area contributed by atoms with Crippen LogP contribution < -0.4 is 0 Å². The van der Waals surface area contributed by atoms with E-state index < -0.39 is 18.2 Å². The molecule has 0 aromatic heterocycles. The number of hydrogen-bond donors (Lipinski definition) is 0. The van der Waals surface area contributed by atoms with Gasteiger partial charge >= 0.3 is 17.9 Å². The Balaban J connectivity index is 1.28. The van der Waals surface area contributed by atoms with E-state index in [-0.39, 0.29) is 46.6 Å². The van der Waals surface area contributed by atoms with Crippen molar-refractivity contribution in [1.82, 2.24) is 0 Å². The number of carbonyl (C=O) groups is 3. The topological polar surface area (TPSA) is 78.9 Å². The van der Waals surface area contributed by atoms with Gasteiger partial charge in [0.2, 0.25) is 0 Å². The fourth-order valence-corrected chi connectivity index (χ4v) is 11.8. The lowest BCUT2D eigenvalue weighted by atomic mass is 9.43. The van der Waals surface area contributed by atoms with Gasteiger partial charge in [-0.3, -0.25) is 0 Å². The van der Waals surface area contributed by atoms with Gasteiger partial charge in [0.25, 0.3) is 0 Å². The second kappa shape index (κ2) is 15.5. The summed E-state index contributed by atoms with van der Waals surface area (Å²) in [5.41, 5.74) is 1.39. The van der Waals surface area contributed by atoms with Crippen LogP contribution in [0.2, 0.25) is 0 Å². The standard InChI is InChI=1S/C45H53BrO6/c1-29(14-13-27-46)34-21-22-35-38-36(24-26-44(34,35)2)45(3)25-23-33(50-41(47)30-15-7-4-8-16-30)28-37(45)39(51-42(48)31-17-9-5-10-18-31)40(38)52-43(49)32-19-11-6-12-20-32/h4-12,15-20,29,33-40H,13-14,21-28H2,1-3H3/t29-,33+,34?,35?,36?,37-,38?,39-,40+,44+,45+/m0/s1. The van der Waals surface area contributed by atoms with Gasteiger partial charge in [-0.15, -0.1) is 0 Å². The van der Waals surface area contributed by atoms with Crippen LogP contribution in [0.15, 0.2) is 91.0 Å². The molecule has 0 bridgehead atoms. The second-order valence-corrected chi connectivity index (χ2v) is 17.4. The molecule has 0 radical (unpaired) electrons. The molecule has 3 aromatic rings. The Morgan fingerprint density at radius 1 is 0.654 bits per heavy atom. The highest BCUT2D eigenvalue weighted by Crippen LogP contribution is 2.69. The maximum atomic E-state index is 14.1. The third-order valence-electron chi connectivity index (χ3n) is 14.0. The van der Waals surface area contributed by atoms with E-state index in [9.17, 15) is 14.4 Å². The molecule has 0 amide bonds. The molecule has 4 aliphatic carbocycles. The molecule has 52 heavy (non-hydrogen) atoms. The molecule has 0 N–H and O–H groups in total. The van der Waals surface area contributed by atoms with Crippen molar-refractivity contribution in [2.45, 2.75) is 96.9 Å². The summed E-state index contributed by atoms with van der Waals surface area (Å²) in [5, 5.41) is 1.02. The Labute approximate surface area is 317 Å². The summed E-state index contributed by atoms with van der Waals surface area (Å²) in [5.74, 6) is 0.529. The lowest BCUT2D eigenvalue weighted by molar-refractivity contribution is -0.223. The first kappa shape index (κ1) is 36.9. The molecule has 4 fully saturated rings. The number of ether oxygens (including phenoxy) is 3. The second-order valence-electron chi connectivity index (χ2n) is 16.6. The fourth-order valence-electron chi connectivity index (χ4n) is 11.5. The number of carbonyl (C=O) groups excluding carboxylic acids is 3. The molecular formula is C45H53BrO6. The molecule has 0 saturated heterocycles. The summed E-state index contributed by atoms with van der Waals surface area (Å²) in [4.78, 5) is 41.5. The van der Waals surface area contributed by atoms with Crippen molar-refractivity contribution in [3.63, 3.8) is 0 Å². The van der Waals surface area contributed by atoms with Crippen molar-refractivity contribution in [3.8, 4) is 0 Å². The Morgan fingerprint density at radius 2 is 1.15 bits per heavy atom. The highest BCUT2D eigenvalue weighted by Gasteiger charge is 2.67. The zero-order chi connectivity index (χ0) is 36.5. The summed E-state index contributed by atoms with van der Waals surface area (Å²) < 4.78 is 19.7. The average Bonchev–Trinajstić information content (AvgIpc) is 3.53. The van der Waals surface area contributed by atoms with E-state index in [0.29, 0.717) is 40.9 Å². The lowest BCUT2D eigenvalue weighted by Crippen LogP contribution is -2.66. The van der Waals surface area contributed by atoms with Gasteiger partial charge in [0, 0.05) is 17.2 Å². The average molecular weight is 770 g/mol. The van der Waals surface area contributed by atoms with Crippen LogP contribution in [0.4, 0.5) is 0 Å². The molecule has 0 spiro atoms. The van der Waals surface area contributed by atoms with Crippen LogP contribution in [0, 0.1) is 46.3 Å². The normalized spacial score (nSPS) is 34.2. The third-order valence-corrected chi connectivity index (χ3v) is 14.6. The van der Waals surface area contributed by atoms with Crippen LogP contribution in [-0.2, 0) is 14.2 Å². The van der Waals surface area contributed by atoms with Gasteiger partial charge in [0.1, 0.15) is 18.3 Å². The molecule has 7 heteroatoms. The predicted molar refractivity (Wildman–Crippen MR) is 205 cm³/mol. The molecule has 276 valence electrons. The van der Waals surface area contributed by atoms with E-state index in [0.717, 1.165) is 43.9 Å². The molecule has 0 heterocycles. The first-order chi connectivity index (χ1) is 25.1. The lowest BCUT2D eigenvalue weighted by Gasteiger charge is -2.64. The Hall–Kier alpha value is -3.45. The number of alkyl halides is 1. The van der Waals surface area contributed by atoms with Crippen molar-refractivity contribution in [2.24, 2.45) is 46.3 Å². The van der Waals surface area contributed by atoms with E-state index >= 15 is 0 Å². The van der Waals surface area contributed by atoms with E-state index in [1.165, 1.54) is 12.8 Å².